The molecule has 0 spiro atoms. The second kappa shape index (κ2) is 6.60. The highest BCUT2D eigenvalue weighted by atomic mass is 19.2. The summed E-state index contributed by atoms with van der Waals surface area (Å²) in [5.74, 6) is -3.16. The van der Waals surface area contributed by atoms with E-state index in [2.05, 4.69) is 0 Å². The van der Waals surface area contributed by atoms with Crippen molar-refractivity contribution in [2.45, 2.75) is 6.42 Å². The average molecular weight is 298 g/mol. The largest absolute Gasteiger partial charge is 0.207 e. The molecule has 2 aromatic carbocycles. The molecule has 0 bridgehead atoms. The summed E-state index contributed by atoms with van der Waals surface area (Å²) in [4.78, 5) is 0. The maximum absolute atomic E-state index is 13.6. The van der Waals surface area contributed by atoms with E-state index in [0.29, 0.717) is 17.2 Å². The second-order valence-corrected chi connectivity index (χ2v) is 4.56. The normalized spacial score (nSPS) is 9.68. The minimum atomic E-state index is -1.23. The number of hydrogen-bond acceptors (Lipinski definition) is 2. The van der Waals surface area contributed by atoms with Crippen LogP contribution in [0, 0.1) is 40.1 Å². The molecule has 2 aromatic rings. The standard InChI is InChI=1S/C17H9F3N2/c18-15-8-17(20)16(19)7-14(15)6-12-3-1-2-11(4-12)5-13(9-21)10-22/h1-5,7-8H,6H2. The van der Waals surface area contributed by atoms with Crippen LogP contribution in [0.4, 0.5) is 13.2 Å². The van der Waals surface area contributed by atoms with E-state index in [1.807, 2.05) is 0 Å². The number of allylic oxidation sites excluding steroid dienone is 1. The molecule has 0 saturated carbocycles. The van der Waals surface area contributed by atoms with Gasteiger partial charge in [-0.25, -0.2) is 13.2 Å². The molecule has 22 heavy (non-hydrogen) atoms. The zero-order valence-corrected chi connectivity index (χ0v) is 11.3. The minimum Gasteiger partial charge on any atom is -0.207 e. The molecular weight excluding hydrogens is 289 g/mol. The molecule has 0 aromatic heterocycles. The summed E-state index contributed by atoms with van der Waals surface area (Å²) in [6.45, 7) is 0. The molecule has 0 heterocycles. The number of benzene rings is 2. The van der Waals surface area contributed by atoms with Gasteiger partial charge < -0.3 is 0 Å². The molecule has 0 aliphatic heterocycles. The first-order valence-electron chi connectivity index (χ1n) is 6.27. The van der Waals surface area contributed by atoms with Crippen LogP contribution in [-0.2, 0) is 6.42 Å². The Kier molecular flexibility index (Phi) is 4.60. The van der Waals surface area contributed by atoms with Crippen molar-refractivity contribution in [1.29, 1.82) is 10.5 Å². The van der Waals surface area contributed by atoms with Crippen molar-refractivity contribution in [3.05, 3.63) is 76.1 Å². The first-order valence-corrected chi connectivity index (χ1v) is 6.27. The van der Waals surface area contributed by atoms with Gasteiger partial charge in [-0.15, -0.1) is 0 Å². The summed E-state index contributed by atoms with van der Waals surface area (Å²) in [5, 5.41) is 17.4. The topological polar surface area (TPSA) is 47.6 Å². The quantitative estimate of drug-likeness (QED) is 0.632. The van der Waals surface area contributed by atoms with Crippen LogP contribution in [0.1, 0.15) is 16.7 Å². The van der Waals surface area contributed by atoms with E-state index in [0.717, 1.165) is 6.07 Å². The van der Waals surface area contributed by atoms with E-state index in [4.69, 9.17) is 10.5 Å². The molecule has 0 aliphatic carbocycles. The second-order valence-electron chi connectivity index (χ2n) is 4.56. The van der Waals surface area contributed by atoms with Gasteiger partial charge in [0.05, 0.1) is 0 Å². The lowest BCUT2D eigenvalue weighted by molar-refractivity contribution is 0.491. The van der Waals surface area contributed by atoms with Gasteiger partial charge in [0.1, 0.15) is 23.5 Å². The van der Waals surface area contributed by atoms with E-state index < -0.39 is 17.5 Å². The Labute approximate surface area is 125 Å². The SMILES string of the molecule is N#CC(C#N)=Cc1cccc(Cc2cc(F)c(F)cc2F)c1. The number of halogens is 3. The predicted octanol–water partition coefficient (Wildman–Crippen LogP) is 4.13. The Balaban J connectivity index is 2.33. The van der Waals surface area contributed by atoms with Crippen LogP contribution in [-0.4, -0.2) is 0 Å². The van der Waals surface area contributed by atoms with E-state index in [-0.39, 0.29) is 17.6 Å². The third-order valence-corrected chi connectivity index (χ3v) is 2.99. The Morgan fingerprint density at radius 2 is 1.64 bits per heavy atom. The summed E-state index contributed by atoms with van der Waals surface area (Å²) < 4.78 is 39.7. The number of hydrogen-bond donors (Lipinski definition) is 0. The molecule has 108 valence electrons. The number of rotatable bonds is 3. The summed E-state index contributed by atoms with van der Waals surface area (Å²) >= 11 is 0. The lowest BCUT2D eigenvalue weighted by atomic mass is 10.0. The van der Waals surface area contributed by atoms with Gasteiger partial charge >= 0.3 is 0 Å². The van der Waals surface area contributed by atoms with Crippen molar-refractivity contribution < 1.29 is 13.2 Å². The monoisotopic (exact) mass is 298 g/mol. The predicted molar refractivity (Wildman–Crippen MR) is 74.8 cm³/mol. The first-order chi connectivity index (χ1) is 10.5. The molecule has 5 heteroatoms. The fourth-order valence-corrected chi connectivity index (χ4v) is 1.97. The molecule has 2 rings (SSSR count). The molecule has 0 aliphatic rings. The molecule has 0 saturated heterocycles. The highest BCUT2D eigenvalue weighted by Crippen LogP contribution is 2.19. The highest BCUT2D eigenvalue weighted by molar-refractivity contribution is 5.62. The van der Waals surface area contributed by atoms with Crippen LogP contribution in [0.2, 0.25) is 0 Å². The van der Waals surface area contributed by atoms with Gasteiger partial charge in [-0.1, -0.05) is 24.3 Å². The molecular formula is C17H9F3N2. The van der Waals surface area contributed by atoms with Crippen molar-refractivity contribution in [2.75, 3.05) is 0 Å². The Morgan fingerprint density at radius 1 is 0.955 bits per heavy atom. The molecule has 0 fully saturated rings. The zero-order chi connectivity index (χ0) is 16.1. The van der Waals surface area contributed by atoms with Crippen LogP contribution < -0.4 is 0 Å². The molecule has 0 unspecified atom stereocenters. The van der Waals surface area contributed by atoms with Gasteiger partial charge in [0.15, 0.2) is 11.6 Å². The summed E-state index contributed by atoms with van der Waals surface area (Å²) in [5.41, 5.74) is 1.21. The third-order valence-electron chi connectivity index (χ3n) is 2.99. The van der Waals surface area contributed by atoms with Crippen molar-refractivity contribution in [1.82, 2.24) is 0 Å². The van der Waals surface area contributed by atoms with Gasteiger partial charge in [0, 0.05) is 12.5 Å². The molecule has 0 amide bonds. The fraction of sp³-hybridized carbons (Fsp3) is 0.0588. The fourth-order valence-electron chi connectivity index (χ4n) is 1.97. The zero-order valence-electron chi connectivity index (χ0n) is 11.3. The van der Waals surface area contributed by atoms with Crippen molar-refractivity contribution in [3.63, 3.8) is 0 Å². The van der Waals surface area contributed by atoms with Crippen LogP contribution in [0.5, 0.6) is 0 Å². The van der Waals surface area contributed by atoms with Crippen LogP contribution >= 0.6 is 0 Å². The molecule has 0 atom stereocenters. The third kappa shape index (κ3) is 3.53. The van der Waals surface area contributed by atoms with Crippen LogP contribution in [0.3, 0.4) is 0 Å². The van der Waals surface area contributed by atoms with Gasteiger partial charge in [-0.2, -0.15) is 10.5 Å². The smallest absolute Gasteiger partial charge is 0.161 e. The molecule has 0 N–H and O–H groups in total. The van der Waals surface area contributed by atoms with E-state index >= 15 is 0 Å². The van der Waals surface area contributed by atoms with Crippen LogP contribution in [0.25, 0.3) is 6.08 Å². The lowest BCUT2D eigenvalue weighted by Gasteiger charge is -2.06. The van der Waals surface area contributed by atoms with Gasteiger partial charge in [-0.3, -0.25) is 0 Å². The van der Waals surface area contributed by atoms with Crippen molar-refractivity contribution >= 4 is 6.08 Å². The van der Waals surface area contributed by atoms with Crippen LogP contribution in [0.15, 0.2) is 42.0 Å². The minimum absolute atomic E-state index is 0.0285. The molecule has 0 radical (unpaired) electrons. The maximum Gasteiger partial charge on any atom is 0.161 e. The van der Waals surface area contributed by atoms with Gasteiger partial charge in [0.2, 0.25) is 0 Å². The van der Waals surface area contributed by atoms with Gasteiger partial charge in [0.25, 0.3) is 0 Å². The Bertz CT molecular complexity index is 811. The Morgan fingerprint density at radius 3 is 2.32 bits per heavy atom. The van der Waals surface area contributed by atoms with E-state index in [1.165, 1.54) is 6.08 Å². The maximum atomic E-state index is 13.6. The van der Waals surface area contributed by atoms with Crippen molar-refractivity contribution in [2.24, 2.45) is 0 Å². The van der Waals surface area contributed by atoms with Gasteiger partial charge in [-0.05, 0) is 28.8 Å². The van der Waals surface area contributed by atoms with E-state index in [9.17, 15) is 13.2 Å². The first kappa shape index (κ1) is 15.3. The summed E-state index contributed by atoms with van der Waals surface area (Å²) in [6.07, 6.45) is 1.46. The Hall–Kier alpha value is -3.05. The highest BCUT2D eigenvalue weighted by Gasteiger charge is 2.10. The summed E-state index contributed by atoms with van der Waals surface area (Å²) in [6, 6.07) is 11.5. The van der Waals surface area contributed by atoms with Crippen molar-refractivity contribution in [3.8, 4) is 12.1 Å². The lowest BCUT2D eigenvalue weighted by Crippen LogP contribution is -1.97. The van der Waals surface area contributed by atoms with E-state index in [1.54, 1.807) is 36.4 Å². The molecule has 2 nitrogen and oxygen atoms in total. The summed E-state index contributed by atoms with van der Waals surface area (Å²) in [7, 11) is 0. The number of nitriles is 2. The number of nitrogens with zero attached hydrogens (tertiary/aromatic N) is 2. The average Bonchev–Trinajstić information content (AvgIpc) is 2.50.